The summed E-state index contributed by atoms with van der Waals surface area (Å²) in [5, 5.41) is 1.44. The van der Waals surface area contributed by atoms with Gasteiger partial charge in [0.05, 0.1) is 31.7 Å². The molecule has 0 bridgehead atoms. The van der Waals surface area contributed by atoms with Gasteiger partial charge < -0.3 is 9.47 Å². The second-order valence-corrected chi connectivity index (χ2v) is 6.84. The molecule has 2 aromatic rings. The zero-order valence-electron chi connectivity index (χ0n) is 14.8. The number of fused-ring (bicyclic) bond motifs is 1. The first kappa shape index (κ1) is 16.8. The smallest absolute Gasteiger partial charge is 0.271 e. The first-order chi connectivity index (χ1) is 12.6. The monoisotopic (exact) mass is 354 g/mol. The fraction of sp³-hybridized carbons (Fsp3) is 0.421. The Bertz CT molecular complexity index is 826. The summed E-state index contributed by atoms with van der Waals surface area (Å²) in [6, 6.07) is 7.02. The van der Waals surface area contributed by atoms with Crippen LogP contribution in [0.1, 0.15) is 40.5 Å². The molecule has 0 unspecified atom stereocenters. The number of aryl methyl sites for hydroxylation is 1. The van der Waals surface area contributed by atoms with E-state index in [1.165, 1.54) is 5.06 Å². The number of amides is 2. The zero-order valence-corrected chi connectivity index (χ0v) is 14.8. The molecule has 7 nitrogen and oxygen atoms in total. The Hall–Kier alpha value is -2.67. The minimum absolute atomic E-state index is 0.0708. The number of hydroxylamine groups is 2. The molecule has 2 aliphatic heterocycles. The Labute approximate surface area is 152 Å². The van der Waals surface area contributed by atoms with Gasteiger partial charge in [-0.3, -0.25) is 14.4 Å². The Kier molecular flexibility index (Phi) is 4.46. The summed E-state index contributed by atoms with van der Waals surface area (Å²) in [5.74, 6) is -0.191. The van der Waals surface area contributed by atoms with E-state index in [1.54, 1.807) is 17.4 Å². The van der Waals surface area contributed by atoms with Crippen LogP contribution in [0.2, 0.25) is 0 Å². The molecule has 7 heteroatoms. The molecular formula is C19H22N4O3. The topological polar surface area (TPSA) is 67.7 Å². The van der Waals surface area contributed by atoms with Crippen LogP contribution in [-0.2, 0) is 16.2 Å². The van der Waals surface area contributed by atoms with E-state index >= 15 is 0 Å². The van der Waals surface area contributed by atoms with Crippen molar-refractivity contribution in [3.8, 4) is 0 Å². The average Bonchev–Trinajstić information content (AvgIpc) is 3.15. The summed E-state index contributed by atoms with van der Waals surface area (Å²) in [6.07, 6.45) is 5.27. The molecule has 4 rings (SSSR count). The van der Waals surface area contributed by atoms with E-state index in [2.05, 4.69) is 4.98 Å². The molecule has 3 heterocycles. The molecule has 0 aliphatic carbocycles. The van der Waals surface area contributed by atoms with Crippen LogP contribution in [0.25, 0.3) is 0 Å². The third-order valence-corrected chi connectivity index (χ3v) is 4.91. The standard InChI is InChI=1S/C19H22N4O3/c1-14-5-4-6-15(9-14)18(24)21-11-16-10-20-13-22(16)17(12-21)19(25)23-7-2-3-8-26-23/h4-6,9-10,13,17H,2-3,7-8,11-12H2,1H3/t17-/m0/s1. The van der Waals surface area contributed by atoms with Crippen LogP contribution in [0.5, 0.6) is 0 Å². The highest BCUT2D eigenvalue weighted by atomic mass is 16.7. The highest BCUT2D eigenvalue weighted by Crippen LogP contribution is 2.25. The van der Waals surface area contributed by atoms with Crippen molar-refractivity contribution < 1.29 is 14.4 Å². The predicted molar refractivity (Wildman–Crippen MR) is 94.1 cm³/mol. The molecule has 1 aromatic heterocycles. The van der Waals surface area contributed by atoms with Crippen molar-refractivity contribution in [2.45, 2.75) is 32.4 Å². The van der Waals surface area contributed by atoms with Crippen LogP contribution in [0.3, 0.4) is 0 Å². The third kappa shape index (κ3) is 3.10. The van der Waals surface area contributed by atoms with Gasteiger partial charge in [-0.25, -0.2) is 10.0 Å². The Morgan fingerprint density at radius 1 is 1.27 bits per heavy atom. The molecule has 1 aromatic carbocycles. The summed E-state index contributed by atoms with van der Waals surface area (Å²) in [7, 11) is 0. The second kappa shape index (κ2) is 6.92. The first-order valence-electron chi connectivity index (χ1n) is 8.94. The number of hydrogen-bond donors (Lipinski definition) is 0. The van der Waals surface area contributed by atoms with Crippen molar-refractivity contribution in [3.05, 3.63) is 53.6 Å². The average molecular weight is 354 g/mol. The normalized spacial score (nSPS) is 20.0. The molecule has 1 saturated heterocycles. The molecule has 1 atom stereocenters. The summed E-state index contributed by atoms with van der Waals surface area (Å²) < 4.78 is 1.86. The van der Waals surface area contributed by atoms with E-state index < -0.39 is 6.04 Å². The molecular weight excluding hydrogens is 332 g/mol. The molecule has 0 spiro atoms. The molecule has 0 radical (unpaired) electrons. The maximum Gasteiger partial charge on any atom is 0.271 e. The number of imidazole rings is 1. The maximum atomic E-state index is 13.0. The van der Waals surface area contributed by atoms with E-state index in [9.17, 15) is 9.59 Å². The number of nitrogens with zero attached hydrogens (tertiary/aromatic N) is 4. The molecule has 1 fully saturated rings. The first-order valence-corrected chi connectivity index (χ1v) is 8.94. The van der Waals surface area contributed by atoms with E-state index in [0.29, 0.717) is 31.8 Å². The van der Waals surface area contributed by atoms with Crippen molar-refractivity contribution in [2.24, 2.45) is 0 Å². The number of aromatic nitrogens is 2. The van der Waals surface area contributed by atoms with E-state index in [-0.39, 0.29) is 11.8 Å². The summed E-state index contributed by atoms with van der Waals surface area (Å²) in [4.78, 5) is 37.4. The van der Waals surface area contributed by atoms with Gasteiger partial charge in [-0.1, -0.05) is 17.7 Å². The number of rotatable bonds is 2. The summed E-state index contributed by atoms with van der Waals surface area (Å²) >= 11 is 0. The summed E-state index contributed by atoms with van der Waals surface area (Å²) in [5.41, 5.74) is 2.53. The van der Waals surface area contributed by atoms with Crippen LogP contribution in [-0.4, -0.2) is 51.0 Å². The number of benzene rings is 1. The predicted octanol–water partition coefficient (Wildman–Crippen LogP) is 1.94. The fourth-order valence-electron chi connectivity index (χ4n) is 3.54. The number of carbonyl (C=O) groups is 2. The molecule has 26 heavy (non-hydrogen) atoms. The van der Waals surface area contributed by atoms with Crippen molar-refractivity contribution >= 4 is 11.8 Å². The van der Waals surface area contributed by atoms with Gasteiger partial charge in [0.1, 0.15) is 6.04 Å². The van der Waals surface area contributed by atoms with Gasteiger partial charge in [-0.2, -0.15) is 0 Å². The van der Waals surface area contributed by atoms with Crippen LogP contribution in [0, 0.1) is 6.92 Å². The van der Waals surface area contributed by atoms with Crippen LogP contribution >= 0.6 is 0 Å². The van der Waals surface area contributed by atoms with Crippen molar-refractivity contribution in [3.63, 3.8) is 0 Å². The largest absolute Gasteiger partial charge is 0.330 e. The van der Waals surface area contributed by atoms with Crippen molar-refractivity contribution in [1.29, 1.82) is 0 Å². The maximum absolute atomic E-state index is 13.0. The minimum atomic E-state index is -0.506. The summed E-state index contributed by atoms with van der Waals surface area (Å²) in [6.45, 7) is 3.86. The van der Waals surface area contributed by atoms with Gasteiger partial charge in [-0.05, 0) is 31.9 Å². The number of carbonyl (C=O) groups excluding carboxylic acids is 2. The fourth-order valence-corrected chi connectivity index (χ4v) is 3.54. The molecule has 0 saturated carbocycles. The van der Waals surface area contributed by atoms with E-state index in [1.807, 2.05) is 35.8 Å². The SMILES string of the molecule is Cc1cccc(C(=O)N2Cc3cncn3[C@H](C(=O)N3CCCCO3)C2)c1. The zero-order chi connectivity index (χ0) is 18.1. The molecule has 0 N–H and O–H groups in total. The van der Waals surface area contributed by atoms with E-state index in [0.717, 1.165) is 24.1 Å². The Morgan fingerprint density at radius 3 is 2.92 bits per heavy atom. The van der Waals surface area contributed by atoms with Gasteiger partial charge in [0, 0.05) is 18.3 Å². The van der Waals surface area contributed by atoms with Gasteiger partial charge in [0.2, 0.25) is 0 Å². The molecule has 2 amide bonds. The Morgan fingerprint density at radius 2 is 2.15 bits per heavy atom. The minimum Gasteiger partial charge on any atom is -0.330 e. The highest BCUT2D eigenvalue weighted by Gasteiger charge is 2.36. The van der Waals surface area contributed by atoms with Gasteiger partial charge in [-0.15, -0.1) is 0 Å². The van der Waals surface area contributed by atoms with Crippen LogP contribution in [0.4, 0.5) is 0 Å². The lowest BCUT2D eigenvalue weighted by Crippen LogP contribution is -2.48. The third-order valence-electron chi connectivity index (χ3n) is 4.91. The lowest BCUT2D eigenvalue weighted by molar-refractivity contribution is -0.201. The van der Waals surface area contributed by atoms with E-state index in [4.69, 9.17) is 4.84 Å². The van der Waals surface area contributed by atoms with Gasteiger partial charge in [0.15, 0.2) is 0 Å². The van der Waals surface area contributed by atoms with Gasteiger partial charge in [0.25, 0.3) is 11.8 Å². The van der Waals surface area contributed by atoms with Crippen molar-refractivity contribution in [2.75, 3.05) is 19.7 Å². The highest BCUT2D eigenvalue weighted by molar-refractivity contribution is 5.95. The van der Waals surface area contributed by atoms with Crippen LogP contribution in [0.15, 0.2) is 36.8 Å². The quantitative estimate of drug-likeness (QED) is 0.827. The molecule has 2 aliphatic rings. The lowest BCUT2D eigenvalue weighted by atomic mass is 10.1. The lowest BCUT2D eigenvalue weighted by Gasteiger charge is -2.36. The van der Waals surface area contributed by atoms with Crippen molar-refractivity contribution in [1.82, 2.24) is 19.5 Å². The Balaban J connectivity index is 1.59. The number of hydrogen-bond acceptors (Lipinski definition) is 4. The van der Waals surface area contributed by atoms with Gasteiger partial charge >= 0.3 is 0 Å². The molecule has 136 valence electrons. The second-order valence-electron chi connectivity index (χ2n) is 6.84. The van der Waals surface area contributed by atoms with Crippen LogP contribution < -0.4 is 0 Å².